The molecule has 4 aromatic rings. The summed E-state index contributed by atoms with van der Waals surface area (Å²) in [6, 6.07) is 21.3. The summed E-state index contributed by atoms with van der Waals surface area (Å²) < 4.78 is 30.9. The summed E-state index contributed by atoms with van der Waals surface area (Å²) in [5, 5.41) is 0. The number of methoxy groups -OCH3 is 1. The second-order valence-electron chi connectivity index (χ2n) is 21.2. The summed E-state index contributed by atoms with van der Waals surface area (Å²) in [4.78, 5) is 64.3. The number of ether oxygens (including phenoxy) is 5. The molecule has 0 spiro atoms. The fourth-order valence-electron chi connectivity index (χ4n) is 9.43. The second-order valence-corrected chi connectivity index (χ2v) is 32.5. The van der Waals surface area contributed by atoms with Crippen molar-refractivity contribution < 1.29 is 42.9 Å². The molecule has 8 rings (SSSR count). The summed E-state index contributed by atoms with van der Waals surface area (Å²) in [5.41, 5.74) is 13.3. The number of anilines is 3. The molecule has 4 heterocycles. The molecule has 16 heteroatoms. The third-order valence-electron chi connectivity index (χ3n) is 13.6. The molecule has 0 saturated carbocycles. The van der Waals surface area contributed by atoms with Gasteiger partial charge in [0.2, 0.25) is 0 Å². The Bertz CT molecular complexity index is 2590. The van der Waals surface area contributed by atoms with Gasteiger partial charge in [-0.05, 0) is 90.4 Å². The Morgan fingerprint density at radius 2 is 1.09 bits per heavy atom. The van der Waals surface area contributed by atoms with Crippen LogP contribution < -0.4 is 29.7 Å². The number of nitrogen functional groups attached to an aromatic ring is 1. The van der Waals surface area contributed by atoms with Gasteiger partial charge in [-0.25, -0.2) is 0 Å². The van der Waals surface area contributed by atoms with Crippen LogP contribution in [0.15, 0.2) is 66.7 Å². The molecule has 4 aliphatic heterocycles. The van der Waals surface area contributed by atoms with Crippen LogP contribution in [0.1, 0.15) is 67.8 Å². The quantitative estimate of drug-likeness (QED) is 0.0549. The predicted molar refractivity (Wildman–Crippen MR) is 274 cm³/mol. The van der Waals surface area contributed by atoms with Gasteiger partial charge in [-0.15, -0.1) is 0 Å². The first kappa shape index (κ1) is 49.7. The van der Waals surface area contributed by atoms with Crippen molar-refractivity contribution in [3.63, 3.8) is 0 Å². The molecule has 368 valence electrons. The van der Waals surface area contributed by atoms with E-state index in [1.807, 2.05) is 61.5 Å². The van der Waals surface area contributed by atoms with Crippen LogP contribution in [0, 0.1) is 6.92 Å². The average Bonchev–Trinajstić information content (AvgIpc) is 3.43. The van der Waals surface area contributed by atoms with Gasteiger partial charge >= 0.3 is 0 Å². The smallest absolute Gasteiger partial charge is 0.257 e. The number of unbranched alkanes of at least 4 members (excludes halogenated alkanes) is 2. The molecule has 0 saturated heterocycles. The molecule has 0 aliphatic carbocycles. The van der Waals surface area contributed by atoms with E-state index in [0.717, 1.165) is 46.3 Å². The highest BCUT2D eigenvalue weighted by Crippen LogP contribution is 2.41. The maximum Gasteiger partial charge on any atom is 0.257 e. The standard InChI is InChI=1S/C53H69N5O9Si2/c1-35-24-41-43(57(33-64-20-22-68(3,4)5)52(61)45-26-36-14-10-11-15-38(36)31-55(45)50(41)59)29-47(35)66-18-12-9-13-19-67-49-30-44-42(28-48(49)63-2)51(60)56-32-39-25-40(54)17-16-37(39)27-46(56)53(62)58(44)34-65-21-23-69(6,7)8/h10-11,14-17,24-25,28-30,45-46H,9,12-13,18-23,26-27,31-34,54H2,1-8H3/t45-,46+/m0/s1. The van der Waals surface area contributed by atoms with Gasteiger partial charge < -0.3 is 39.2 Å². The van der Waals surface area contributed by atoms with Crippen molar-refractivity contribution in [3.8, 4) is 17.2 Å². The summed E-state index contributed by atoms with van der Waals surface area (Å²) >= 11 is 0. The zero-order valence-corrected chi connectivity index (χ0v) is 43.7. The number of hydrogen-bond donors (Lipinski definition) is 1. The minimum Gasteiger partial charge on any atom is -0.493 e. The van der Waals surface area contributed by atoms with Crippen LogP contribution in [0.5, 0.6) is 17.2 Å². The highest BCUT2D eigenvalue weighted by atomic mass is 28.3. The number of benzene rings is 4. The molecule has 14 nitrogen and oxygen atoms in total. The molecule has 0 aromatic heterocycles. The number of amides is 4. The van der Waals surface area contributed by atoms with Crippen molar-refractivity contribution in [2.75, 3.05) is 62.5 Å². The van der Waals surface area contributed by atoms with E-state index in [1.165, 1.54) is 0 Å². The number of nitrogens with zero attached hydrogens (tertiary/aromatic N) is 4. The summed E-state index contributed by atoms with van der Waals surface area (Å²) in [6.45, 7) is 18.1. The van der Waals surface area contributed by atoms with Crippen molar-refractivity contribution in [1.29, 1.82) is 0 Å². The molecule has 0 fully saturated rings. The number of fused-ring (bicyclic) bond motifs is 6. The lowest BCUT2D eigenvalue weighted by molar-refractivity contribution is -0.125. The van der Waals surface area contributed by atoms with E-state index >= 15 is 0 Å². The largest absolute Gasteiger partial charge is 0.493 e. The van der Waals surface area contributed by atoms with E-state index in [-0.39, 0.29) is 43.6 Å². The van der Waals surface area contributed by atoms with Crippen LogP contribution in [0.2, 0.25) is 51.4 Å². The fraction of sp³-hybridized carbons (Fsp3) is 0.472. The van der Waals surface area contributed by atoms with E-state index in [9.17, 15) is 19.2 Å². The Hall–Kier alpha value is -5.69. The van der Waals surface area contributed by atoms with Crippen LogP contribution in [-0.2, 0) is 45.0 Å². The van der Waals surface area contributed by atoms with Crippen LogP contribution in [-0.4, -0.2) is 109 Å². The van der Waals surface area contributed by atoms with Crippen molar-refractivity contribution in [2.24, 2.45) is 0 Å². The summed E-state index contributed by atoms with van der Waals surface area (Å²) in [7, 11) is -1.25. The van der Waals surface area contributed by atoms with Gasteiger partial charge in [0.05, 0.1) is 42.8 Å². The van der Waals surface area contributed by atoms with Gasteiger partial charge in [-0.1, -0.05) is 69.6 Å². The van der Waals surface area contributed by atoms with E-state index in [0.29, 0.717) is 104 Å². The van der Waals surface area contributed by atoms with E-state index in [1.54, 1.807) is 38.8 Å². The van der Waals surface area contributed by atoms with E-state index in [2.05, 4.69) is 39.3 Å². The SMILES string of the molecule is COc1cc2c(cc1OCCCCCOc1cc3c(cc1C)C(=O)N1Cc4ccccc4C[C@H]1C(=O)N3COCC[Si](C)(C)C)N(COCC[Si](C)(C)C)C(=O)[C@H]1Cc3ccc(N)cc3CN1C2=O. The van der Waals surface area contributed by atoms with Crippen molar-refractivity contribution in [2.45, 2.75) is 116 Å². The minimum absolute atomic E-state index is 0.00286. The normalized spacial score (nSPS) is 17.9. The van der Waals surface area contributed by atoms with Crippen molar-refractivity contribution in [3.05, 3.63) is 106 Å². The van der Waals surface area contributed by atoms with Gasteiger partial charge in [-0.2, -0.15) is 0 Å². The molecule has 4 amide bonds. The molecule has 0 radical (unpaired) electrons. The molecule has 0 unspecified atom stereocenters. The van der Waals surface area contributed by atoms with Crippen molar-refractivity contribution in [1.82, 2.24) is 9.80 Å². The Morgan fingerprint density at radius 3 is 1.65 bits per heavy atom. The number of nitrogens with two attached hydrogens (primary N) is 1. The van der Waals surface area contributed by atoms with E-state index < -0.39 is 28.2 Å². The number of aryl methyl sites for hydroxylation is 1. The van der Waals surface area contributed by atoms with Crippen LogP contribution in [0.25, 0.3) is 0 Å². The summed E-state index contributed by atoms with van der Waals surface area (Å²) in [5.74, 6) is 0.616. The number of hydrogen-bond acceptors (Lipinski definition) is 10. The number of rotatable bonds is 19. The number of carbonyl (C=O) groups is 4. The molecule has 2 N–H and O–H groups in total. The molecule has 2 atom stereocenters. The second kappa shape index (κ2) is 20.7. The topological polar surface area (TPSA) is 153 Å². The van der Waals surface area contributed by atoms with Gasteiger partial charge in [0.25, 0.3) is 23.6 Å². The Balaban J connectivity index is 0.937. The zero-order valence-electron chi connectivity index (χ0n) is 41.7. The maximum atomic E-state index is 14.5. The van der Waals surface area contributed by atoms with Gasteiger partial charge in [0.1, 0.15) is 31.3 Å². The third-order valence-corrected chi connectivity index (χ3v) is 17.0. The van der Waals surface area contributed by atoms with E-state index in [4.69, 9.17) is 29.4 Å². The lowest BCUT2D eigenvalue weighted by Crippen LogP contribution is -2.52. The molecule has 69 heavy (non-hydrogen) atoms. The van der Waals surface area contributed by atoms with Crippen LogP contribution in [0.3, 0.4) is 0 Å². The zero-order chi connectivity index (χ0) is 49.2. The average molecular weight is 976 g/mol. The van der Waals surface area contributed by atoms with Gasteiger partial charge in [0, 0.05) is 73.1 Å². The Morgan fingerprint density at radius 1 is 0.580 bits per heavy atom. The predicted octanol–water partition coefficient (Wildman–Crippen LogP) is 8.67. The molecular weight excluding hydrogens is 907 g/mol. The lowest BCUT2D eigenvalue weighted by Gasteiger charge is -2.35. The van der Waals surface area contributed by atoms with Gasteiger partial charge in [-0.3, -0.25) is 29.0 Å². The Kier molecular flexibility index (Phi) is 14.9. The maximum absolute atomic E-state index is 14.5. The fourth-order valence-corrected chi connectivity index (χ4v) is 10.9. The monoisotopic (exact) mass is 975 g/mol. The van der Waals surface area contributed by atoms with Gasteiger partial charge in [0.15, 0.2) is 11.5 Å². The Labute approximate surface area is 409 Å². The minimum atomic E-state index is -1.41. The molecule has 0 bridgehead atoms. The molecule has 4 aliphatic rings. The highest BCUT2D eigenvalue weighted by molar-refractivity contribution is 6.76. The van der Waals surface area contributed by atoms with Crippen LogP contribution in [0.4, 0.5) is 17.1 Å². The first-order chi connectivity index (χ1) is 32.9. The third kappa shape index (κ3) is 11.2. The molecular formula is C53H69N5O9Si2. The van der Waals surface area contributed by atoms with Crippen molar-refractivity contribution >= 4 is 56.8 Å². The summed E-state index contributed by atoms with van der Waals surface area (Å²) in [6.07, 6.45) is 3.00. The highest BCUT2D eigenvalue weighted by Gasteiger charge is 2.44. The van der Waals surface area contributed by atoms with Crippen LogP contribution >= 0.6 is 0 Å². The number of carbonyl (C=O) groups excluding carboxylic acids is 4. The lowest BCUT2D eigenvalue weighted by atomic mass is 9.92. The molecule has 4 aromatic carbocycles. The first-order valence-corrected chi connectivity index (χ1v) is 31.8. The first-order valence-electron chi connectivity index (χ1n) is 24.4.